The first kappa shape index (κ1) is 16.0. The lowest BCUT2D eigenvalue weighted by atomic mass is 9.85. The second-order valence-corrected chi connectivity index (χ2v) is 8.15. The van der Waals surface area contributed by atoms with Gasteiger partial charge in [-0.15, -0.1) is 0 Å². The van der Waals surface area contributed by atoms with Crippen molar-refractivity contribution >= 4 is 33.0 Å². The number of thiazole rings is 1. The van der Waals surface area contributed by atoms with E-state index < -0.39 is 28.2 Å². The van der Waals surface area contributed by atoms with Gasteiger partial charge in [0.2, 0.25) is 0 Å². The van der Waals surface area contributed by atoms with Crippen molar-refractivity contribution < 1.29 is 21.6 Å². The van der Waals surface area contributed by atoms with Gasteiger partial charge in [0.25, 0.3) is 10.0 Å². The number of nitrogens with zero attached hydrogens (tertiary/aromatic N) is 1. The summed E-state index contributed by atoms with van der Waals surface area (Å²) in [7, 11) is -4.01. The first-order valence-corrected chi connectivity index (χ1v) is 8.58. The number of aromatic nitrogens is 1. The van der Waals surface area contributed by atoms with Crippen LogP contribution in [0.15, 0.2) is 10.4 Å². The van der Waals surface area contributed by atoms with E-state index >= 15 is 0 Å². The fraction of sp³-hybridized carbons (Fsp3) is 0.700. The van der Waals surface area contributed by atoms with Crippen molar-refractivity contribution in [2.24, 2.45) is 5.92 Å². The molecule has 4 nitrogen and oxygen atoms in total. The molecule has 1 N–H and O–H groups in total. The molecule has 1 heterocycles. The molecule has 2 unspecified atom stereocenters. The van der Waals surface area contributed by atoms with Crippen molar-refractivity contribution in [2.45, 2.75) is 42.1 Å². The van der Waals surface area contributed by atoms with Crippen LogP contribution in [0, 0.1) is 5.92 Å². The lowest BCUT2D eigenvalue weighted by Crippen LogP contribution is -2.47. The molecule has 2 rings (SSSR count). The normalized spacial score (nSPS) is 24.8. The van der Waals surface area contributed by atoms with Crippen molar-refractivity contribution in [2.75, 3.05) is 0 Å². The molecular weight excluding hydrogens is 337 g/mol. The van der Waals surface area contributed by atoms with E-state index in [1.165, 1.54) is 0 Å². The van der Waals surface area contributed by atoms with Gasteiger partial charge in [-0.2, -0.15) is 13.2 Å². The highest BCUT2D eigenvalue weighted by molar-refractivity contribution is 7.91. The second-order valence-electron chi connectivity index (χ2n) is 4.59. The van der Waals surface area contributed by atoms with Gasteiger partial charge in [-0.1, -0.05) is 35.8 Å². The van der Waals surface area contributed by atoms with E-state index in [0.717, 1.165) is 6.20 Å². The number of sulfonamides is 1. The minimum absolute atomic E-state index is 0.0291. The van der Waals surface area contributed by atoms with Gasteiger partial charge < -0.3 is 0 Å². The third kappa shape index (κ3) is 3.63. The number of hydrogen-bond acceptors (Lipinski definition) is 4. The predicted octanol–water partition coefficient (Wildman–Crippen LogP) is 3.20. The number of hydrogen-bond donors (Lipinski definition) is 1. The third-order valence-corrected chi connectivity index (χ3v) is 6.28. The van der Waals surface area contributed by atoms with Crippen molar-refractivity contribution in [3.63, 3.8) is 0 Å². The molecule has 1 aromatic heterocycles. The Hall–Kier alpha value is -0.380. The summed E-state index contributed by atoms with van der Waals surface area (Å²) in [6.45, 7) is 0. The number of nitrogens with one attached hydrogen (secondary N) is 1. The van der Waals surface area contributed by atoms with E-state index in [0.29, 0.717) is 24.2 Å². The molecule has 0 bridgehead atoms. The lowest BCUT2D eigenvalue weighted by Gasteiger charge is -2.33. The maximum absolute atomic E-state index is 12.9. The van der Waals surface area contributed by atoms with Crippen molar-refractivity contribution in [3.05, 3.63) is 10.7 Å². The maximum atomic E-state index is 12.9. The van der Waals surface area contributed by atoms with Crippen LogP contribution in [-0.2, 0) is 10.0 Å². The molecule has 2 atom stereocenters. The van der Waals surface area contributed by atoms with E-state index in [1.807, 2.05) is 0 Å². The Bertz CT molecular complexity index is 573. The van der Waals surface area contributed by atoms with Gasteiger partial charge in [0.1, 0.15) is 0 Å². The summed E-state index contributed by atoms with van der Waals surface area (Å²) in [5, 5.41) is 0. The Kier molecular flexibility index (Phi) is 4.63. The smallest absolute Gasteiger partial charge is 0.232 e. The predicted molar refractivity (Wildman–Crippen MR) is 69.2 cm³/mol. The van der Waals surface area contributed by atoms with E-state index in [1.54, 1.807) is 0 Å². The fourth-order valence-electron chi connectivity index (χ4n) is 2.28. The molecule has 0 aromatic carbocycles. The molecule has 0 radical (unpaired) electrons. The third-order valence-electron chi connectivity index (χ3n) is 3.21. The highest BCUT2D eigenvalue weighted by Gasteiger charge is 2.46. The van der Waals surface area contributed by atoms with Gasteiger partial charge in [0.15, 0.2) is 8.68 Å². The van der Waals surface area contributed by atoms with Crippen molar-refractivity contribution in [3.8, 4) is 0 Å². The number of halogens is 4. The zero-order valence-corrected chi connectivity index (χ0v) is 12.5. The van der Waals surface area contributed by atoms with Crippen LogP contribution >= 0.6 is 22.9 Å². The molecule has 0 amide bonds. The van der Waals surface area contributed by atoms with E-state index in [-0.39, 0.29) is 21.5 Å². The molecule has 10 heteroatoms. The first-order valence-electron chi connectivity index (χ1n) is 5.90. The standard InChI is InChI=1S/C10H12ClF3N2O2S2/c11-9-15-5-8(19-9)20(17,18)16-7-4-2-1-3-6(7)10(12,13)14/h5-7,16H,1-4H2. The van der Waals surface area contributed by atoms with Crippen LogP contribution in [0.25, 0.3) is 0 Å². The zero-order valence-electron chi connectivity index (χ0n) is 10.2. The molecule has 114 valence electrons. The second kappa shape index (κ2) is 5.78. The average molecular weight is 349 g/mol. The van der Waals surface area contributed by atoms with Crippen LogP contribution in [0.4, 0.5) is 13.2 Å². The molecule has 1 aromatic rings. The Balaban J connectivity index is 2.18. The highest BCUT2D eigenvalue weighted by Crippen LogP contribution is 2.38. The highest BCUT2D eigenvalue weighted by atomic mass is 35.5. The Morgan fingerprint density at radius 1 is 1.35 bits per heavy atom. The van der Waals surface area contributed by atoms with E-state index in [9.17, 15) is 21.6 Å². The average Bonchev–Trinajstić information content (AvgIpc) is 2.75. The van der Waals surface area contributed by atoms with Crippen LogP contribution in [0.5, 0.6) is 0 Å². The number of alkyl halides is 3. The Labute approximate surface area is 123 Å². The molecule has 0 spiro atoms. The quantitative estimate of drug-likeness (QED) is 0.912. The van der Waals surface area contributed by atoms with Gasteiger partial charge in [-0.25, -0.2) is 18.1 Å². The first-order chi connectivity index (χ1) is 9.20. The molecular formula is C10H12ClF3N2O2S2. The number of rotatable bonds is 3. The zero-order chi connectivity index (χ0) is 15.0. The molecule has 1 aliphatic rings. The molecule has 1 saturated carbocycles. The van der Waals surface area contributed by atoms with Gasteiger partial charge in [0, 0.05) is 6.04 Å². The molecule has 20 heavy (non-hydrogen) atoms. The van der Waals surface area contributed by atoms with Crippen LogP contribution in [0.2, 0.25) is 4.47 Å². The van der Waals surface area contributed by atoms with Gasteiger partial charge in [-0.3, -0.25) is 0 Å². The van der Waals surface area contributed by atoms with Gasteiger partial charge >= 0.3 is 6.18 Å². The van der Waals surface area contributed by atoms with E-state index in [4.69, 9.17) is 11.6 Å². The lowest BCUT2D eigenvalue weighted by molar-refractivity contribution is -0.187. The van der Waals surface area contributed by atoms with Crippen LogP contribution < -0.4 is 4.72 Å². The summed E-state index contributed by atoms with van der Waals surface area (Å²) in [4.78, 5) is 3.59. The monoisotopic (exact) mass is 348 g/mol. The molecule has 0 saturated heterocycles. The largest absolute Gasteiger partial charge is 0.393 e. The minimum atomic E-state index is -4.40. The summed E-state index contributed by atoms with van der Waals surface area (Å²) in [5.74, 6) is -1.64. The summed E-state index contributed by atoms with van der Waals surface area (Å²) in [6.07, 6.45) is -2.21. The summed E-state index contributed by atoms with van der Waals surface area (Å²) >= 11 is 6.26. The Morgan fingerprint density at radius 3 is 2.55 bits per heavy atom. The Morgan fingerprint density at radius 2 is 2.00 bits per heavy atom. The fourth-order valence-corrected chi connectivity index (χ4v) is 4.90. The minimum Gasteiger partial charge on any atom is -0.232 e. The molecule has 1 aliphatic carbocycles. The summed E-state index contributed by atoms with van der Waals surface area (Å²) in [6, 6.07) is -1.13. The van der Waals surface area contributed by atoms with Crippen molar-refractivity contribution in [1.82, 2.24) is 9.71 Å². The van der Waals surface area contributed by atoms with Crippen molar-refractivity contribution in [1.29, 1.82) is 0 Å². The topological polar surface area (TPSA) is 59.1 Å². The SMILES string of the molecule is O=S(=O)(NC1CCCCC1C(F)(F)F)c1cnc(Cl)s1. The van der Waals surface area contributed by atoms with Gasteiger partial charge in [0.05, 0.1) is 12.1 Å². The maximum Gasteiger partial charge on any atom is 0.393 e. The van der Waals surface area contributed by atoms with E-state index in [2.05, 4.69) is 9.71 Å². The summed E-state index contributed by atoms with van der Waals surface area (Å²) in [5.41, 5.74) is 0. The van der Waals surface area contributed by atoms with Crippen LogP contribution in [-0.4, -0.2) is 25.6 Å². The summed E-state index contributed by atoms with van der Waals surface area (Å²) < 4.78 is 64.8. The van der Waals surface area contributed by atoms with Crippen LogP contribution in [0.3, 0.4) is 0 Å². The molecule has 0 aliphatic heterocycles. The van der Waals surface area contributed by atoms with Crippen LogP contribution in [0.1, 0.15) is 25.7 Å². The molecule has 1 fully saturated rings. The van der Waals surface area contributed by atoms with Gasteiger partial charge in [-0.05, 0) is 12.8 Å².